The summed E-state index contributed by atoms with van der Waals surface area (Å²) in [5, 5.41) is 9.57. The molecule has 40 heavy (non-hydrogen) atoms. The molecule has 0 saturated heterocycles. The van der Waals surface area contributed by atoms with Crippen LogP contribution in [0.2, 0.25) is 0 Å². The molecule has 0 amide bonds. The Labute approximate surface area is 234 Å². The van der Waals surface area contributed by atoms with E-state index < -0.39 is 11.0 Å². The van der Waals surface area contributed by atoms with Gasteiger partial charge in [-0.2, -0.15) is 5.26 Å². The normalized spacial score (nSPS) is 20.0. The minimum Gasteiger partial charge on any atom is -0.460 e. The third-order valence-electron chi connectivity index (χ3n) is 7.86. The van der Waals surface area contributed by atoms with E-state index >= 15 is 0 Å². The van der Waals surface area contributed by atoms with Crippen molar-refractivity contribution in [1.29, 1.82) is 5.26 Å². The fourth-order valence-corrected chi connectivity index (χ4v) is 5.60. The van der Waals surface area contributed by atoms with Gasteiger partial charge in [0.2, 0.25) is 5.89 Å². The van der Waals surface area contributed by atoms with Crippen LogP contribution in [0.4, 0.5) is 4.39 Å². The van der Waals surface area contributed by atoms with Crippen molar-refractivity contribution < 1.29 is 23.1 Å². The Balaban J connectivity index is 1.48. The lowest BCUT2D eigenvalue weighted by Gasteiger charge is -2.30. The van der Waals surface area contributed by atoms with Gasteiger partial charge in [-0.05, 0) is 76.3 Å². The van der Waals surface area contributed by atoms with Crippen LogP contribution >= 0.6 is 0 Å². The van der Waals surface area contributed by atoms with Gasteiger partial charge in [0.15, 0.2) is 0 Å². The van der Waals surface area contributed by atoms with Crippen LogP contribution in [0.3, 0.4) is 0 Å². The largest absolute Gasteiger partial charge is 0.460 e. The van der Waals surface area contributed by atoms with Crippen molar-refractivity contribution in [2.75, 3.05) is 0 Å². The molecule has 0 N–H and O–H groups in total. The van der Waals surface area contributed by atoms with Crippen LogP contribution in [0.1, 0.15) is 83.0 Å². The summed E-state index contributed by atoms with van der Waals surface area (Å²) in [6, 6.07) is 15.9. The molecule has 0 unspecified atom stereocenters. The molecule has 0 bridgehead atoms. The number of ketones is 1. The number of halogens is 1. The summed E-state index contributed by atoms with van der Waals surface area (Å²) in [5.74, 6) is 0.111. The van der Waals surface area contributed by atoms with Crippen molar-refractivity contribution in [2.24, 2.45) is 11.3 Å². The molecule has 0 radical (unpaired) electrons. The predicted molar refractivity (Wildman–Crippen MR) is 148 cm³/mol. The quantitative estimate of drug-likeness (QED) is 0.273. The van der Waals surface area contributed by atoms with Gasteiger partial charge in [0, 0.05) is 29.4 Å². The number of oxazole rings is 1. The maximum atomic E-state index is 13.6. The van der Waals surface area contributed by atoms with Crippen molar-refractivity contribution in [3.63, 3.8) is 0 Å². The highest BCUT2D eigenvalue weighted by Gasteiger charge is 2.47. The third kappa shape index (κ3) is 6.33. The molecule has 0 aliphatic heterocycles. The monoisotopic (exact) mass is 542 g/mol. The summed E-state index contributed by atoms with van der Waals surface area (Å²) < 4.78 is 25.5. The van der Waals surface area contributed by atoms with Crippen LogP contribution in [-0.4, -0.2) is 22.3 Å². The molecule has 2 atom stereocenters. The Morgan fingerprint density at radius 1 is 1.05 bits per heavy atom. The van der Waals surface area contributed by atoms with Gasteiger partial charge in [-0.1, -0.05) is 37.1 Å². The van der Waals surface area contributed by atoms with E-state index in [4.69, 9.17) is 14.1 Å². The number of carbonyl (C=O) groups excluding carboxylic acids is 2. The van der Waals surface area contributed by atoms with E-state index in [1.54, 1.807) is 12.1 Å². The van der Waals surface area contributed by atoms with E-state index in [0.29, 0.717) is 22.9 Å². The molecule has 2 aliphatic rings. The highest BCUT2D eigenvalue weighted by Crippen LogP contribution is 2.51. The minimum absolute atomic E-state index is 0.127. The van der Waals surface area contributed by atoms with Gasteiger partial charge < -0.3 is 9.15 Å². The van der Waals surface area contributed by atoms with Crippen LogP contribution in [0, 0.1) is 28.5 Å². The molecular weight excluding hydrogens is 507 g/mol. The number of ether oxygens (including phenoxy) is 1. The van der Waals surface area contributed by atoms with Crippen LogP contribution < -0.4 is 0 Å². The first-order chi connectivity index (χ1) is 19.1. The smallest absolute Gasteiger partial charge is 0.310 e. The average molecular weight is 543 g/mol. The molecule has 208 valence electrons. The summed E-state index contributed by atoms with van der Waals surface area (Å²) in [5.41, 5.74) is 1.88. The summed E-state index contributed by atoms with van der Waals surface area (Å²) >= 11 is 0. The summed E-state index contributed by atoms with van der Waals surface area (Å²) in [4.78, 5) is 30.7. The number of aromatic nitrogens is 1. The molecule has 0 spiro atoms. The van der Waals surface area contributed by atoms with Gasteiger partial charge in [0.25, 0.3) is 0 Å². The van der Waals surface area contributed by atoms with Crippen molar-refractivity contribution in [2.45, 2.75) is 83.7 Å². The first-order valence-electron chi connectivity index (χ1n) is 14.1. The average Bonchev–Trinajstić information content (AvgIpc) is 3.55. The zero-order chi connectivity index (χ0) is 28.5. The number of Topliss-reactive ketones (excluding diaryl/α,β-unsaturated/α-hetero) is 1. The van der Waals surface area contributed by atoms with E-state index in [1.807, 2.05) is 45.0 Å². The van der Waals surface area contributed by atoms with E-state index in [1.165, 1.54) is 12.1 Å². The van der Waals surface area contributed by atoms with E-state index in [2.05, 4.69) is 6.07 Å². The Morgan fingerprint density at radius 2 is 1.70 bits per heavy atom. The minimum atomic E-state index is -0.552. The topological polar surface area (TPSA) is 93.2 Å². The second-order valence-electron chi connectivity index (χ2n) is 12.2. The first kappa shape index (κ1) is 27.8. The van der Waals surface area contributed by atoms with Crippen molar-refractivity contribution in [3.8, 4) is 28.8 Å². The Kier molecular flexibility index (Phi) is 7.63. The second-order valence-corrected chi connectivity index (χ2v) is 12.2. The van der Waals surface area contributed by atoms with Crippen molar-refractivity contribution >= 4 is 11.8 Å². The molecule has 2 aliphatic carbocycles. The number of esters is 1. The van der Waals surface area contributed by atoms with Gasteiger partial charge in [0.05, 0.1) is 17.9 Å². The lowest BCUT2D eigenvalue weighted by molar-refractivity contribution is -0.153. The molecular formula is C33H35FN2O4. The van der Waals surface area contributed by atoms with E-state index in [0.717, 1.165) is 49.7 Å². The molecule has 2 fully saturated rings. The van der Waals surface area contributed by atoms with Gasteiger partial charge in [-0.25, -0.2) is 9.37 Å². The number of hydrogen-bond donors (Lipinski definition) is 0. The molecule has 1 aromatic heterocycles. The Morgan fingerprint density at radius 3 is 2.33 bits per heavy atom. The van der Waals surface area contributed by atoms with E-state index in [9.17, 15) is 19.2 Å². The Hall–Kier alpha value is -3.79. The zero-order valence-corrected chi connectivity index (χ0v) is 23.3. The summed E-state index contributed by atoms with van der Waals surface area (Å²) in [6.07, 6.45) is 5.49. The summed E-state index contributed by atoms with van der Waals surface area (Å²) in [7, 11) is 0. The lowest BCUT2D eigenvalue weighted by Crippen LogP contribution is -2.27. The molecule has 6 nitrogen and oxygen atoms in total. The highest BCUT2D eigenvalue weighted by molar-refractivity contribution is 5.84. The predicted octanol–water partition coefficient (Wildman–Crippen LogP) is 7.57. The highest BCUT2D eigenvalue weighted by atomic mass is 19.1. The maximum absolute atomic E-state index is 13.6. The zero-order valence-electron chi connectivity index (χ0n) is 23.3. The third-order valence-corrected chi connectivity index (χ3v) is 7.86. The summed E-state index contributed by atoms with van der Waals surface area (Å²) in [6.45, 7) is 5.52. The van der Waals surface area contributed by atoms with Gasteiger partial charge in [-0.15, -0.1) is 0 Å². The molecule has 3 aromatic rings. The standard InChI is InChI=1S/C33H35FN2O4/c1-32(2,3)40-28(38)18-21-8-10-22(11-9-21)29-30(39-31(36-29)23-12-14-24(34)15-13-23)26-7-5-4-6-25(26)27(37)19-33(20-35)16-17-33/h8-15,25-26H,4-7,16-19H2,1-3H3/t25-,26-/m1/s1. The first-order valence-corrected chi connectivity index (χ1v) is 14.1. The van der Waals surface area contributed by atoms with E-state index in [-0.39, 0.29) is 42.2 Å². The van der Waals surface area contributed by atoms with Crippen LogP contribution in [0.15, 0.2) is 52.9 Å². The Bertz CT molecular complexity index is 1420. The number of nitriles is 1. The SMILES string of the molecule is CC(C)(C)OC(=O)Cc1ccc(-c2nc(-c3ccc(F)cc3)oc2[C@@H]2CCCC[C@H]2C(=O)CC2(C#N)CC2)cc1. The van der Waals surface area contributed by atoms with Gasteiger partial charge in [0.1, 0.15) is 28.7 Å². The van der Waals surface area contributed by atoms with Crippen LogP contribution in [0.25, 0.3) is 22.7 Å². The lowest BCUT2D eigenvalue weighted by atomic mass is 9.73. The number of nitrogens with zero attached hydrogens (tertiary/aromatic N) is 2. The molecule has 7 heteroatoms. The van der Waals surface area contributed by atoms with Gasteiger partial charge in [-0.3, -0.25) is 9.59 Å². The molecule has 1 heterocycles. The number of rotatable bonds is 8. The van der Waals surface area contributed by atoms with Crippen molar-refractivity contribution in [1.82, 2.24) is 4.98 Å². The molecule has 2 saturated carbocycles. The number of benzene rings is 2. The van der Waals surface area contributed by atoms with Crippen LogP contribution in [-0.2, 0) is 20.7 Å². The fraction of sp³-hybridized carbons (Fsp3) is 0.455. The maximum Gasteiger partial charge on any atom is 0.310 e. The van der Waals surface area contributed by atoms with Gasteiger partial charge >= 0.3 is 5.97 Å². The van der Waals surface area contributed by atoms with Crippen LogP contribution in [0.5, 0.6) is 0 Å². The second kappa shape index (κ2) is 11.0. The fourth-order valence-electron chi connectivity index (χ4n) is 5.60. The van der Waals surface area contributed by atoms with Crippen molar-refractivity contribution in [3.05, 3.63) is 65.7 Å². The molecule has 2 aromatic carbocycles. The molecule has 5 rings (SSSR count). The number of carbonyl (C=O) groups is 2. The number of hydrogen-bond acceptors (Lipinski definition) is 6.